The van der Waals surface area contributed by atoms with Gasteiger partial charge in [-0.3, -0.25) is 4.79 Å². The number of carbonyl (C=O) groups is 2. The Morgan fingerprint density at radius 1 is 0.867 bits per heavy atom. The van der Waals surface area contributed by atoms with E-state index in [9.17, 15) is 9.59 Å². The zero-order chi connectivity index (χ0) is 21.4. The lowest BCUT2D eigenvalue weighted by atomic mass is 10.0. The smallest absolute Gasteiger partial charge is 0.319 e. The second kappa shape index (κ2) is 14.4. The molecule has 30 heavy (non-hydrogen) atoms. The van der Waals surface area contributed by atoms with E-state index in [4.69, 9.17) is 5.11 Å². The summed E-state index contributed by atoms with van der Waals surface area (Å²) in [6.07, 6.45) is 15.9. The summed E-state index contributed by atoms with van der Waals surface area (Å²) in [5, 5.41) is 14.3. The van der Waals surface area contributed by atoms with Crippen molar-refractivity contribution in [3.05, 3.63) is 24.5 Å². The maximum atomic E-state index is 12.0. The lowest BCUT2D eigenvalue weighted by molar-refractivity contribution is -0.137. The molecule has 2 rings (SSSR count). The average molecular weight is 417 g/mol. The summed E-state index contributed by atoms with van der Waals surface area (Å²) in [4.78, 5) is 29.6. The second-order valence-electron chi connectivity index (χ2n) is 7.90. The first kappa shape index (κ1) is 23.7. The highest BCUT2D eigenvalue weighted by Crippen LogP contribution is 2.15. The van der Waals surface area contributed by atoms with Gasteiger partial charge >= 0.3 is 12.0 Å². The molecule has 0 atom stereocenters. The third kappa shape index (κ3) is 10.3. The number of carboxylic acid groups (broad SMARTS) is 1. The molecule has 1 aromatic heterocycles. The number of imidazole rings is 1. The van der Waals surface area contributed by atoms with Gasteiger partial charge < -0.3 is 20.7 Å². The summed E-state index contributed by atoms with van der Waals surface area (Å²) >= 11 is 0. The van der Waals surface area contributed by atoms with Crippen molar-refractivity contribution >= 4 is 28.7 Å². The van der Waals surface area contributed by atoms with Gasteiger partial charge in [0.1, 0.15) is 0 Å². The minimum atomic E-state index is -0.683. The zero-order valence-corrected chi connectivity index (χ0v) is 17.9. The molecule has 0 saturated carbocycles. The quantitative estimate of drug-likeness (QED) is 0.258. The molecule has 2 amide bonds. The fraction of sp³-hybridized carbons (Fsp3) is 0.609. The molecule has 0 spiro atoms. The Balaban J connectivity index is 1.35. The molecule has 7 heteroatoms. The number of rotatable bonds is 16. The number of nitrogens with zero attached hydrogens (tertiary/aromatic N) is 1. The molecule has 0 aliphatic carbocycles. The number of aromatic amines is 1. The van der Waals surface area contributed by atoms with Gasteiger partial charge in [-0.15, -0.1) is 0 Å². The highest BCUT2D eigenvalue weighted by molar-refractivity contribution is 5.91. The third-order valence-electron chi connectivity index (χ3n) is 5.28. The van der Waals surface area contributed by atoms with Crippen LogP contribution in [0, 0.1) is 0 Å². The zero-order valence-electron chi connectivity index (χ0n) is 17.9. The summed E-state index contributed by atoms with van der Waals surface area (Å²) < 4.78 is 0. The van der Waals surface area contributed by atoms with Gasteiger partial charge in [-0.25, -0.2) is 9.78 Å². The fourth-order valence-electron chi connectivity index (χ4n) is 3.56. The lowest BCUT2D eigenvalue weighted by Crippen LogP contribution is -2.29. The van der Waals surface area contributed by atoms with Crippen LogP contribution in [0.3, 0.4) is 0 Å². The van der Waals surface area contributed by atoms with Crippen molar-refractivity contribution in [3.8, 4) is 0 Å². The first-order valence-corrected chi connectivity index (χ1v) is 11.3. The number of aromatic nitrogens is 2. The minimum absolute atomic E-state index is 0.170. The van der Waals surface area contributed by atoms with Crippen LogP contribution in [0.5, 0.6) is 0 Å². The Morgan fingerprint density at radius 3 is 2.10 bits per heavy atom. The molecule has 2 aromatic rings. The molecule has 1 heterocycles. The van der Waals surface area contributed by atoms with Gasteiger partial charge in [-0.05, 0) is 31.0 Å². The van der Waals surface area contributed by atoms with Gasteiger partial charge in [0, 0.05) is 18.7 Å². The Morgan fingerprint density at radius 2 is 1.47 bits per heavy atom. The van der Waals surface area contributed by atoms with E-state index >= 15 is 0 Å². The van der Waals surface area contributed by atoms with Crippen LogP contribution >= 0.6 is 0 Å². The second-order valence-corrected chi connectivity index (χ2v) is 7.90. The van der Waals surface area contributed by atoms with E-state index in [0.717, 1.165) is 48.8 Å². The van der Waals surface area contributed by atoms with Crippen LogP contribution in [-0.2, 0) is 4.79 Å². The predicted molar refractivity (Wildman–Crippen MR) is 121 cm³/mol. The van der Waals surface area contributed by atoms with Gasteiger partial charge in [0.25, 0.3) is 0 Å². The van der Waals surface area contributed by atoms with Gasteiger partial charge in [-0.1, -0.05) is 64.2 Å². The largest absolute Gasteiger partial charge is 0.481 e. The van der Waals surface area contributed by atoms with E-state index in [1.54, 1.807) is 6.33 Å². The van der Waals surface area contributed by atoms with Gasteiger partial charge in [0.05, 0.1) is 17.4 Å². The number of urea groups is 1. The van der Waals surface area contributed by atoms with Gasteiger partial charge in [0.2, 0.25) is 0 Å². The van der Waals surface area contributed by atoms with E-state index < -0.39 is 5.97 Å². The SMILES string of the molecule is O=C(O)CCCCCCCCCCCCCCNC(=O)Nc1ccc2nc[nH]c2c1. The number of benzene rings is 1. The number of anilines is 1. The van der Waals surface area contributed by atoms with Crippen LogP contribution in [0.15, 0.2) is 24.5 Å². The molecule has 0 aliphatic rings. The Kier molecular flexibility index (Phi) is 11.4. The number of aliphatic carboxylic acids is 1. The van der Waals surface area contributed by atoms with Crippen molar-refractivity contribution in [2.24, 2.45) is 0 Å². The molecule has 0 aliphatic heterocycles. The van der Waals surface area contributed by atoms with Crippen molar-refractivity contribution in [3.63, 3.8) is 0 Å². The summed E-state index contributed by atoms with van der Waals surface area (Å²) in [5.74, 6) is -0.683. The van der Waals surface area contributed by atoms with Crippen LogP contribution in [0.4, 0.5) is 10.5 Å². The highest BCUT2D eigenvalue weighted by Gasteiger charge is 2.03. The summed E-state index contributed by atoms with van der Waals surface area (Å²) in [5.41, 5.74) is 2.54. The van der Waals surface area contributed by atoms with Crippen molar-refractivity contribution in [1.29, 1.82) is 0 Å². The van der Waals surface area contributed by atoms with Crippen molar-refractivity contribution in [2.45, 2.75) is 83.5 Å². The van der Waals surface area contributed by atoms with E-state index in [2.05, 4.69) is 20.6 Å². The van der Waals surface area contributed by atoms with Crippen LogP contribution in [0.2, 0.25) is 0 Å². The standard InChI is InChI=1S/C23H36N4O3/c28-22(29)13-11-9-7-5-3-1-2-4-6-8-10-12-16-24-23(30)27-19-14-15-20-21(17-19)26-18-25-20/h14-15,17-18H,1-13,16H2,(H,25,26)(H,28,29)(H2,24,27,30). The number of fused-ring (bicyclic) bond motifs is 1. The summed E-state index contributed by atoms with van der Waals surface area (Å²) in [7, 11) is 0. The predicted octanol–water partition coefficient (Wildman–Crippen LogP) is 5.84. The summed E-state index contributed by atoms with van der Waals surface area (Å²) in [6, 6.07) is 5.44. The molecule has 0 saturated heterocycles. The maximum absolute atomic E-state index is 12.0. The first-order valence-electron chi connectivity index (χ1n) is 11.3. The maximum Gasteiger partial charge on any atom is 0.319 e. The minimum Gasteiger partial charge on any atom is -0.481 e. The van der Waals surface area contributed by atoms with Crippen LogP contribution in [0.1, 0.15) is 83.5 Å². The number of carbonyl (C=O) groups excluding carboxylic acids is 1. The van der Waals surface area contributed by atoms with Crippen LogP contribution in [-0.4, -0.2) is 33.6 Å². The number of unbranched alkanes of at least 4 members (excludes halogenated alkanes) is 11. The molecule has 1 aromatic carbocycles. The number of hydrogen-bond donors (Lipinski definition) is 4. The molecule has 166 valence electrons. The van der Waals surface area contributed by atoms with E-state index in [1.807, 2.05) is 18.2 Å². The van der Waals surface area contributed by atoms with Crippen molar-refractivity contribution in [2.75, 3.05) is 11.9 Å². The summed E-state index contributed by atoms with van der Waals surface area (Å²) in [6.45, 7) is 0.694. The van der Waals surface area contributed by atoms with Crippen molar-refractivity contribution in [1.82, 2.24) is 15.3 Å². The normalized spacial score (nSPS) is 10.9. The molecule has 4 N–H and O–H groups in total. The highest BCUT2D eigenvalue weighted by atomic mass is 16.4. The molecule has 7 nitrogen and oxygen atoms in total. The number of H-pyrrole nitrogens is 1. The van der Waals surface area contributed by atoms with E-state index in [0.29, 0.717) is 13.0 Å². The van der Waals surface area contributed by atoms with Gasteiger partial charge in [-0.2, -0.15) is 0 Å². The van der Waals surface area contributed by atoms with Crippen molar-refractivity contribution < 1.29 is 14.7 Å². The first-order chi connectivity index (χ1) is 14.6. The number of nitrogens with one attached hydrogen (secondary N) is 3. The molecular formula is C23H36N4O3. The van der Waals surface area contributed by atoms with E-state index in [1.165, 1.54) is 44.9 Å². The van der Waals surface area contributed by atoms with E-state index in [-0.39, 0.29) is 6.03 Å². The van der Waals surface area contributed by atoms with Crippen LogP contribution in [0.25, 0.3) is 11.0 Å². The lowest BCUT2D eigenvalue weighted by Gasteiger charge is -2.08. The van der Waals surface area contributed by atoms with Crippen LogP contribution < -0.4 is 10.6 Å². The molecule has 0 radical (unpaired) electrons. The number of carboxylic acids is 1. The van der Waals surface area contributed by atoms with Gasteiger partial charge in [0.15, 0.2) is 0 Å². The average Bonchev–Trinajstić information content (AvgIpc) is 3.18. The Bertz CT molecular complexity index is 760. The fourth-order valence-corrected chi connectivity index (χ4v) is 3.56. The number of amides is 2. The monoisotopic (exact) mass is 416 g/mol. The molecular weight excluding hydrogens is 380 g/mol. The third-order valence-corrected chi connectivity index (χ3v) is 5.28. The number of hydrogen-bond acceptors (Lipinski definition) is 3. The molecule has 0 fully saturated rings. The Labute approximate surface area is 179 Å². The molecule has 0 unspecified atom stereocenters. The Hall–Kier alpha value is -2.57. The topological polar surface area (TPSA) is 107 Å². The molecule has 0 bridgehead atoms.